The molecule has 1 amide bonds. The van der Waals surface area contributed by atoms with Crippen LogP contribution in [0.15, 0.2) is 60.2 Å². The summed E-state index contributed by atoms with van der Waals surface area (Å²) in [5.41, 5.74) is 1.85. The van der Waals surface area contributed by atoms with Gasteiger partial charge in [-0.05, 0) is 54.0 Å². The monoisotopic (exact) mass is 365 g/mol. The maximum Gasteiger partial charge on any atom is 0.251 e. The summed E-state index contributed by atoms with van der Waals surface area (Å²) < 4.78 is 1.88. The molecule has 0 saturated heterocycles. The van der Waals surface area contributed by atoms with Crippen LogP contribution in [0.3, 0.4) is 0 Å². The summed E-state index contributed by atoms with van der Waals surface area (Å²) in [6.07, 6.45) is 8.65. The summed E-state index contributed by atoms with van der Waals surface area (Å²) in [5.74, 6) is 0.567. The van der Waals surface area contributed by atoms with E-state index in [0.29, 0.717) is 11.5 Å². The van der Waals surface area contributed by atoms with Crippen molar-refractivity contribution in [1.29, 1.82) is 0 Å². The number of carbonyl (C=O) groups is 1. The predicted octanol–water partition coefficient (Wildman–Crippen LogP) is 4.65. The van der Waals surface area contributed by atoms with E-state index in [1.165, 1.54) is 30.6 Å². The van der Waals surface area contributed by atoms with Crippen molar-refractivity contribution in [1.82, 2.24) is 15.1 Å². The van der Waals surface area contributed by atoms with Crippen molar-refractivity contribution < 1.29 is 4.79 Å². The molecule has 2 aromatic heterocycles. The van der Waals surface area contributed by atoms with Gasteiger partial charge in [-0.15, -0.1) is 11.3 Å². The van der Waals surface area contributed by atoms with Crippen LogP contribution in [0.4, 0.5) is 0 Å². The van der Waals surface area contributed by atoms with E-state index < -0.39 is 0 Å². The zero-order valence-corrected chi connectivity index (χ0v) is 15.5. The molecule has 1 aromatic carbocycles. The Kier molecular flexibility index (Phi) is 5.16. The van der Waals surface area contributed by atoms with Crippen molar-refractivity contribution in [2.24, 2.45) is 5.92 Å². The van der Waals surface area contributed by atoms with Crippen LogP contribution in [0, 0.1) is 5.92 Å². The second-order valence-electron chi connectivity index (χ2n) is 6.91. The van der Waals surface area contributed by atoms with Gasteiger partial charge in [0, 0.05) is 22.8 Å². The highest BCUT2D eigenvalue weighted by Gasteiger charge is 2.28. The van der Waals surface area contributed by atoms with E-state index in [1.54, 1.807) is 17.5 Å². The molecular formula is C21H23N3OS. The second-order valence-corrected chi connectivity index (χ2v) is 7.89. The fraction of sp³-hybridized carbons (Fsp3) is 0.333. The molecule has 1 aliphatic rings. The highest BCUT2D eigenvalue weighted by Crippen LogP contribution is 2.37. The molecule has 1 fully saturated rings. The van der Waals surface area contributed by atoms with Crippen LogP contribution >= 0.6 is 11.3 Å². The molecule has 1 atom stereocenters. The van der Waals surface area contributed by atoms with Crippen molar-refractivity contribution in [2.45, 2.75) is 38.3 Å². The first kappa shape index (κ1) is 17.0. The summed E-state index contributed by atoms with van der Waals surface area (Å²) in [5, 5.41) is 9.61. The molecule has 5 heteroatoms. The number of hydrogen-bond acceptors (Lipinski definition) is 3. The van der Waals surface area contributed by atoms with Gasteiger partial charge in [0.25, 0.3) is 5.91 Å². The zero-order valence-electron chi connectivity index (χ0n) is 14.7. The summed E-state index contributed by atoms with van der Waals surface area (Å²) >= 11 is 1.74. The number of nitrogens with zero attached hydrogens (tertiary/aromatic N) is 2. The molecule has 0 bridgehead atoms. The molecule has 2 heterocycles. The molecule has 3 aromatic rings. The van der Waals surface area contributed by atoms with E-state index in [4.69, 9.17) is 0 Å². The maximum absolute atomic E-state index is 12.8. The number of aromatic nitrogens is 2. The lowest BCUT2D eigenvalue weighted by atomic mass is 9.96. The molecule has 0 radical (unpaired) electrons. The molecule has 1 unspecified atom stereocenters. The Morgan fingerprint density at radius 2 is 2.00 bits per heavy atom. The van der Waals surface area contributed by atoms with E-state index in [0.717, 1.165) is 12.1 Å². The summed E-state index contributed by atoms with van der Waals surface area (Å²) in [7, 11) is 0. The first-order chi connectivity index (χ1) is 12.8. The highest BCUT2D eigenvalue weighted by molar-refractivity contribution is 7.10. The Balaban J connectivity index is 1.45. The van der Waals surface area contributed by atoms with Gasteiger partial charge in [-0.2, -0.15) is 5.10 Å². The van der Waals surface area contributed by atoms with E-state index in [9.17, 15) is 4.79 Å². The van der Waals surface area contributed by atoms with Crippen molar-refractivity contribution in [3.8, 4) is 0 Å². The largest absolute Gasteiger partial charge is 0.344 e. The third-order valence-corrected chi connectivity index (χ3v) is 6.08. The molecule has 0 spiro atoms. The SMILES string of the molecule is O=C(NC(c1cccs1)C1CCCC1)c1ccc(Cn2cccn2)cc1. The molecule has 4 rings (SSSR count). The van der Waals surface area contributed by atoms with Crippen molar-refractivity contribution in [3.63, 3.8) is 0 Å². The van der Waals surface area contributed by atoms with Gasteiger partial charge >= 0.3 is 0 Å². The van der Waals surface area contributed by atoms with E-state index >= 15 is 0 Å². The molecule has 1 N–H and O–H groups in total. The summed E-state index contributed by atoms with van der Waals surface area (Å²) in [6, 6.07) is 14.1. The molecule has 1 saturated carbocycles. The summed E-state index contributed by atoms with van der Waals surface area (Å²) in [4.78, 5) is 14.1. The minimum absolute atomic E-state index is 0.0148. The number of benzene rings is 1. The lowest BCUT2D eigenvalue weighted by Crippen LogP contribution is -2.32. The number of nitrogens with one attached hydrogen (secondary N) is 1. The van der Waals surface area contributed by atoms with Gasteiger partial charge in [0.2, 0.25) is 0 Å². The second kappa shape index (κ2) is 7.87. The third kappa shape index (κ3) is 3.88. The minimum atomic E-state index is 0.0148. The Morgan fingerprint density at radius 1 is 1.19 bits per heavy atom. The first-order valence-electron chi connectivity index (χ1n) is 9.20. The van der Waals surface area contributed by atoms with E-state index in [1.807, 2.05) is 41.2 Å². The Labute approximate surface area is 157 Å². The molecule has 4 nitrogen and oxygen atoms in total. The van der Waals surface area contributed by atoms with Gasteiger partial charge in [-0.25, -0.2) is 0 Å². The topological polar surface area (TPSA) is 46.9 Å². The van der Waals surface area contributed by atoms with Crippen LogP contribution in [0.5, 0.6) is 0 Å². The van der Waals surface area contributed by atoms with Crippen LogP contribution in [0.1, 0.15) is 52.5 Å². The lowest BCUT2D eigenvalue weighted by molar-refractivity contribution is 0.0923. The van der Waals surface area contributed by atoms with Gasteiger partial charge in [0.15, 0.2) is 0 Å². The van der Waals surface area contributed by atoms with E-state index in [-0.39, 0.29) is 11.9 Å². The average Bonchev–Trinajstić information content (AvgIpc) is 3.43. The van der Waals surface area contributed by atoms with Crippen LogP contribution in [-0.4, -0.2) is 15.7 Å². The van der Waals surface area contributed by atoms with Crippen molar-refractivity contribution >= 4 is 17.2 Å². The minimum Gasteiger partial charge on any atom is -0.344 e. The number of carbonyl (C=O) groups excluding carboxylic acids is 1. The Bertz CT molecular complexity index is 819. The van der Waals surface area contributed by atoms with Gasteiger partial charge in [-0.3, -0.25) is 9.48 Å². The summed E-state index contributed by atoms with van der Waals surface area (Å²) in [6.45, 7) is 0.717. The van der Waals surface area contributed by atoms with Gasteiger partial charge in [0.05, 0.1) is 12.6 Å². The zero-order chi connectivity index (χ0) is 17.8. The lowest BCUT2D eigenvalue weighted by Gasteiger charge is -2.24. The third-order valence-electron chi connectivity index (χ3n) is 5.13. The standard InChI is InChI=1S/C21H23N3OS/c25-21(18-10-8-16(9-11-18)15-24-13-4-12-22-24)23-20(17-5-1-2-6-17)19-7-3-14-26-19/h3-4,7-14,17,20H,1-2,5-6,15H2,(H,23,25). The Hall–Kier alpha value is -2.40. The fourth-order valence-electron chi connectivity index (χ4n) is 3.75. The molecule has 1 aliphatic carbocycles. The van der Waals surface area contributed by atoms with E-state index in [2.05, 4.69) is 27.9 Å². The fourth-order valence-corrected chi connectivity index (χ4v) is 4.62. The van der Waals surface area contributed by atoms with Gasteiger partial charge in [0.1, 0.15) is 0 Å². The van der Waals surface area contributed by atoms with Crippen LogP contribution in [0.25, 0.3) is 0 Å². The van der Waals surface area contributed by atoms with Gasteiger partial charge in [-0.1, -0.05) is 31.0 Å². The molecular weight excluding hydrogens is 342 g/mol. The molecule has 26 heavy (non-hydrogen) atoms. The normalized spacial score (nSPS) is 15.8. The predicted molar refractivity (Wildman–Crippen MR) is 104 cm³/mol. The van der Waals surface area contributed by atoms with Crippen LogP contribution < -0.4 is 5.32 Å². The van der Waals surface area contributed by atoms with Crippen molar-refractivity contribution in [3.05, 3.63) is 76.2 Å². The van der Waals surface area contributed by atoms with Crippen molar-refractivity contribution in [2.75, 3.05) is 0 Å². The first-order valence-corrected chi connectivity index (χ1v) is 10.1. The van der Waals surface area contributed by atoms with Crippen LogP contribution in [0.2, 0.25) is 0 Å². The highest BCUT2D eigenvalue weighted by atomic mass is 32.1. The number of amides is 1. The average molecular weight is 366 g/mol. The number of hydrogen-bond donors (Lipinski definition) is 1. The number of rotatable bonds is 6. The van der Waals surface area contributed by atoms with Crippen LogP contribution in [-0.2, 0) is 6.54 Å². The number of thiophene rings is 1. The maximum atomic E-state index is 12.8. The molecule has 134 valence electrons. The quantitative estimate of drug-likeness (QED) is 0.691. The molecule has 0 aliphatic heterocycles. The smallest absolute Gasteiger partial charge is 0.251 e. The van der Waals surface area contributed by atoms with Gasteiger partial charge < -0.3 is 5.32 Å². The Morgan fingerprint density at radius 3 is 2.65 bits per heavy atom.